The molecule has 0 amide bonds. The van der Waals surface area contributed by atoms with E-state index >= 15 is 0 Å². The molecule has 1 rings (SSSR count). The molecule has 1 saturated heterocycles. The summed E-state index contributed by atoms with van der Waals surface area (Å²) in [6.45, 7) is 3.00. The lowest BCUT2D eigenvalue weighted by atomic mass is 10.1. The Morgan fingerprint density at radius 2 is 2.46 bits per heavy atom. The summed E-state index contributed by atoms with van der Waals surface area (Å²) in [4.78, 5) is 0. The third kappa shape index (κ3) is 4.89. The Bertz CT molecular complexity index is 126. The molecule has 0 spiro atoms. The van der Waals surface area contributed by atoms with Crippen molar-refractivity contribution in [2.45, 2.75) is 44.8 Å². The predicted molar refractivity (Wildman–Crippen MR) is 59.3 cm³/mol. The summed E-state index contributed by atoms with van der Waals surface area (Å²) in [7, 11) is 0. The van der Waals surface area contributed by atoms with Gasteiger partial charge in [0.2, 0.25) is 0 Å². The highest BCUT2D eigenvalue weighted by molar-refractivity contribution is 7.99. The van der Waals surface area contributed by atoms with Crippen LogP contribution in [0.1, 0.15) is 32.6 Å². The Hall–Kier alpha value is 0.270. The summed E-state index contributed by atoms with van der Waals surface area (Å²) >= 11 is 2.04. The molecule has 1 aliphatic heterocycles. The summed E-state index contributed by atoms with van der Waals surface area (Å²) in [5.74, 6) is 2.58. The molecule has 0 radical (unpaired) electrons. The standard InChI is InChI=1S/C10H21NOS/c1-2-10(12)5-6-11-9-4-3-7-13-8-9/h9-12H,2-8H2,1H3. The summed E-state index contributed by atoms with van der Waals surface area (Å²) in [6, 6.07) is 0.697. The zero-order chi connectivity index (χ0) is 9.52. The molecule has 1 fully saturated rings. The minimum Gasteiger partial charge on any atom is -0.393 e. The van der Waals surface area contributed by atoms with Crippen molar-refractivity contribution < 1.29 is 5.11 Å². The molecule has 2 N–H and O–H groups in total. The summed E-state index contributed by atoms with van der Waals surface area (Å²) in [5, 5.41) is 12.8. The number of aliphatic hydroxyl groups excluding tert-OH is 1. The van der Waals surface area contributed by atoms with Gasteiger partial charge in [-0.25, -0.2) is 0 Å². The van der Waals surface area contributed by atoms with Crippen molar-refractivity contribution in [2.24, 2.45) is 0 Å². The zero-order valence-corrected chi connectivity index (χ0v) is 9.28. The summed E-state index contributed by atoms with van der Waals surface area (Å²) in [6.07, 6.45) is 4.33. The lowest BCUT2D eigenvalue weighted by molar-refractivity contribution is 0.158. The number of rotatable bonds is 5. The van der Waals surface area contributed by atoms with Gasteiger partial charge in [-0.05, 0) is 38.0 Å². The SMILES string of the molecule is CCC(O)CCNC1CCCSC1. The average Bonchev–Trinajstić information content (AvgIpc) is 2.19. The number of hydrogen-bond acceptors (Lipinski definition) is 3. The van der Waals surface area contributed by atoms with Gasteiger partial charge in [-0.3, -0.25) is 0 Å². The molecule has 0 aromatic rings. The van der Waals surface area contributed by atoms with Crippen LogP contribution in [0.3, 0.4) is 0 Å². The van der Waals surface area contributed by atoms with Crippen molar-refractivity contribution in [3.05, 3.63) is 0 Å². The van der Waals surface area contributed by atoms with Crippen molar-refractivity contribution in [1.29, 1.82) is 0 Å². The molecule has 0 aromatic carbocycles. The number of nitrogens with one attached hydrogen (secondary N) is 1. The van der Waals surface area contributed by atoms with E-state index in [-0.39, 0.29) is 6.10 Å². The Labute approximate surface area is 85.5 Å². The van der Waals surface area contributed by atoms with E-state index < -0.39 is 0 Å². The predicted octanol–water partition coefficient (Wildman–Crippen LogP) is 1.63. The fraction of sp³-hybridized carbons (Fsp3) is 1.00. The smallest absolute Gasteiger partial charge is 0.0549 e. The molecule has 2 unspecified atom stereocenters. The summed E-state index contributed by atoms with van der Waals surface area (Å²) < 4.78 is 0. The Morgan fingerprint density at radius 3 is 3.08 bits per heavy atom. The Kier molecular flexibility index (Phi) is 5.83. The minimum absolute atomic E-state index is 0.108. The lowest BCUT2D eigenvalue weighted by Gasteiger charge is -2.22. The van der Waals surface area contributed by atoms with Crippen LogP contribution in [0.15, 0.2) is 0 Å². The Balaban J connectivity index is 1.98. The molecule has 78 valence electrons. The third-order valence-corrected chi connectivity index (χ3v) is 3.76. The van der Waals surface area contributed by atoms with Crippen molar-refractivity contribution in [2.75, 3.05) is 18.1 Å². The molecule has 1 aliphatic rings. The van der Waals surface area contributed by atoms with Gasteiger partial charge in [0.1, 0.15) is 0 Å². The van der Waals surface area contributed by atoms with Crippen molar-refractivity contribution >= 4 is 11.8 Å². The second-order valence-corrected chi connectivity index (χ2v) is 4.87. The highest BCUT2D eigenvalue weighted by Crippen LogP contribution is 2.16. The van der Waals surface area contributed by atoms with Gasteiger partial charge < -0.3 is 10.4 Å². The maximum absolute atomic E-state index is 9.34. The monoisotopic (exact) mass is 203 g/mol. The van der Waals surface area contributed by atoms with Crippen LogP contribution < -0.4 is 5.32 Å². The van der Waals surface area contributed by atoms with Crippen molar-refractivity contribution in [1.82, 2.24) is 5.32 Å². The van der Waals surface area contributed by atoms with Crippen LogP contribution >= 0.6 is 11.8 Å². The van der Waals surface area contributed by atoms with Gasteiger partial charge in [0, 0.05) is 11.8 Å². The first-order chi connectivity index (χ1) is 6.33. The zero-order valence-electron chi connectivity index (χ0n) is 8.46. The van der Waals surface area contributed by atoms with E-state index in [9.17, 15) is 5.11 Å². The molecule has 2 nitrogen and oxygen atoms in total. The second-order valence-electron chi connectivity index (χ2n) is 3.72. The molecule has 2 atom stereocenters. The van der Waals surface area contributed by atoms with Crippen molar-refractivity contribution in [3.63, 3.8) is 0 Å². The van der Waals surface area contributed by atoms with Crippen LogP contribution in [0.5, 0.6) is 0 Å². The highest BCUT2D eigenvalue weighted by atomic mass is 32.2. The lowest BCUT2D eigenvalue weighted by Crippen LogP contribution is -2.35. The van der Waals surface area contributed by atoms with Crippen LogP contribution in [0, 0.1) is 0 Å². The molecule has 0 aliphatic carbocycles. The van der Waals surface area contributed by atoms with Gasteiger partial charge in [0.25, 0.3) is 0 Å². The molecular weight excluding hydrogens is 182 g/mol. The van der Waals surface area contributed by atoms with Gasteiger partial charge in [-0.15, -0.1) is 0 Å². The van der Waals surface area contributed by atoms with E-state index in [1.165, 1.54) is 24.3 Å². The number of hydrogen-bond donors (Lipinski definition) is 2. The largest absolute Gasteiger partial charge is 0.393 e. The van der Waals surface area contributed by atoms with E-state index in [2.05, 4.69) is 5.32 Å². The van der Waals surface area contributed by atoms with Gasteiger partial charge in [-0.2, -0.15) is 11.8 Å². The highest BCUT2D eigenvalue weighted by Gasteiger charge is 2.12. The first-order valence-corrected chi connectivity index (χ1v) is 6.47. The molecule has 13 heavy (non-hydrogen) atoms. The van der Waals surface area contributed by atoms with Gasteiger partial charge >= 0.3 is 0 Å². The first kappa shape index (κ1) is 11.3. The fourth-order valence-electron chi connectivity index (χ4n) is 1.56. The second kappa shape index (κ2) is 6.68. The van der Waals surface area contributed by atoms with Crippen LogP contribution in [-0.2, 0) is 0 Å². The van der Waals surface area contributed by atoms with Crippen LogP contribution in [0.25, 0.3) is 0 Å². The topological polar surface area (TPSA) is 32.3 Å². The van der Waals surface area contributed by atoms with Gasteiger partial charge in [0.15, 0.2) is 0 Å². The molecule has 0 aromatic heterocycles. The first-order valence-electron chi connectivity index (χ1n) is 5.32. The molecular formula is C10H21NOS. The quantitative estimate of drug-likeness (QED) is 0.712. The molecule has 3 heteroatoms. The van der Waals surface area contributed by atoms with E-state index in [4.69, 9.17) is 0 Å². The Morgan fingerprint density at radius 1 is 1.62 bits per heavy atom. The number of thioether (sulfide) groups is 1. The van der Waals surface area contributed by atoms with Gasteiger partial charge in [-0.1, -0.05) is 6.92 Å². The maximum atomic E-state index is 9.34. The molecule has 1 heterocycles. The van der Waals surface area contributed by atoms with E-state index in [0.717, 1.165) is 19.4 Å². The molecule has 0 saturated carbocycles. The molecule has 0 bridgehead atoms. The van der Waals surface area contributed by atoms with E-state index in [0.29, 0.717) is 6.04 Å². The summed E-state index contributed by atoms with van der Waals surface area (Å²) in [5.41, 5.74) is 0. The van der Waals surface area contributed by atoms with Gasteiger partial charge in [0.05, 0.1) is 6.10 Å². The van der Waals surface area contributed by atoms with Crippen LogP contribution in [0.4, 0.5) is 0 Å². The fourth-order valence-corrected chi connectivity index (χ4v) is 2.67. The average molecular weight is 203 g/mol. The van der Waals surface area contributed by atoms with E-state index in [1.54, 1.807) is 0 Å². The minimum atomic E-state index is -0.108. The maximum Gasteiger partial charge on any atom is 0.0549 e. The normalized spacial score (nSPS) is 25.8. The van der Waals surface area contributed by atoms with E-state index in [1.807, 2.05) is 18.7 Å². The third-order valence-electron chi connectivity index (χ3n) is 2.54. The van der Waals surface area contributed by atoms with Crippen molar-refractivity contribution in [3.8, 4) is 0 Å². The van der Waals surface area contributed by atoms with Crippen LogP contribution in [0.2, 0.25) is 0 Å². The number of aliphatic hydroxyl groups is 1. The van der Waals surface area contributed by atoms with Crippen LogP contribution in [-0.4, -0.2) is 35.3 Å².